The van der Waals surface area contributed by atoms with Crippen LogP contribution in [0.4, 0.5) is 0 Å². The largest absolute Gasteiger partial charge is 0.493 e. The number of methoxy groups -OCH3 is 2. The second kappa shape index (κ2) is 6.30. The Hall–Kier alpha value is -1.22. The zero-order valence-electron chi connectivity index (χ0n) is 9.67. The van der Waals surface area contributed by atoms with Crippen LogP contribution in [0.3, 0.4) is 0 Å². The highest BCUT2D eigenvalue weighted by molar-refractivity contribution is 5.42. The standard InChI is InChI=1S/C12H19NO2/c1-13-8-4-5-10-6-7-11(14-2)12(9-10)15-3/h6-7,9,13H,4-5,8H2,1-3H3. The van der Waals surface area contributed by atoms with Crippen molar-refractivity contribution in [1.29, 1.82) is 0 Å². The summed E-state index contributed by atoms with van der Waals surface area (Å²) in [5.74, 6) is 1.59. The molecule has 1 rings (SSSR count). The summed E-state index contributed by atoms with van der Waals surface area (Å²) >= 11 is 0. The molecular weight excluding hydrogens is 190 g/mol. The monoisotopic (exact) mass is 209 g/mol. The van der Waals surface area contributed by atoms with Crippen molar-refractivity contribution in [2.24, 2.45) is 0 Å². The minimum Gasteiger partial charge on any atom is -0.493 e. The molecule has 0 bridgehead atoms. The van der Waals surface area contributed by atoms with Crippen molar-refractivity contribution in [3.05, 3.63) is 23.8 Å². The molecule has 0 heterocycles. The Balaban J connectivity index is 2.66. The SMILES string of the molecule is CNCCCc1ccc(OC)c(OC)c1. The Morgan fingerprint density at radius 3 is 2.47 bits per heavy atom. The van der Waals surface area contributed by atoms with Gasteiger partial charge in [0.25, 0.3) is 0 Å². The highest BCUT2D eigenvalue weighted by Crippen LogP contribution is 2.27. The predicted molar refractivity (Wildman–Crippen MR) is 61.8 cm³/mol. The molecule has 0 fully saturated rings. The van der Waals surface area contributed by atoms with Gasteiger partial charge in [-0.3, -0.25) is 0 Å². The molecule has 0 aliphatic carbocycles. The summed E-state index contributed by atoms with van der Waals surface area (Å²) in [5, 5.41) is 3.13. The van der Waals surface area contributed by atoms with Gasteiger partial charge in [-0.1, -0.05) is 6.07 Å². The van der Waals surface area contributed by atoms with E-state index < -0.39 is 0 Å². The van der Waals surface area contributed by atoms with Crippen LogP contribution in [-0.4, -0.2) is 27.8 Å². The summed E-state index contributed by atoms with van der Waals surface area (Å²) in [4.78, 5) is 0. The molecular formula is C12H19NO2. The molecule has 1 N–H and O–H groups in total. The van der Waals surface area contributed by atoms with Gasteiger partial charge in [-0.15, -0.1) is 0 Å². The molecule has 0 spiro atoms. The Bertz CT molecular complexity index is 300. The molecule has 1 aromatic rings. The molecule has 0 aliphatic rings. The van der Waals surface area contributed by atoms with Crippen LogP contribution in [0, 0.1) is 0 Å². The topological polar surface area (TPSA) is 30.5 Å². The van der Waals surface area contributed by atoms with Crippen molar-refractivity contribution in [3.63, 3.8) is 0 Å². The number of nitrogens with one attached hydrogen (secondary N) is 1. The Morgan fingerprint density at radius 1 is 1.13 bits per heavy atom. The summed E-state index contributed by atoms with van der Waals surface area (Å²) < 4.78 is 10.4. The van der Waals surface area contributed by atoms with Crippen LogP contribution < -0.4 is 14.8 Å². The average molecular weight is 209 g/mol. The van der Waals surface area contributed by atoms with Gasteiger partial charge in [-0.25, -0.2) is 0 Å². The molecule has 0 atom stereocenters. The van der Waals surface area contributed by atoms with E-state index in [9.17, 15) is 0 Å². The second-order valence-corrected chi connectivity index (χ2v) is 3.40. The van der Waals surface area contributed by atoms with Crippen molar-refractivity contribution < 1.29 is 9.47 Å². The molecule has 15 heavy (non-hydrogen) atoms. The third-order valence-electron chi connectivity index (χ3n) is 2.34. The highest BCUT2D eigenvalue weighted by Gasteiger charge is 2.03. The molecule has 1 aromatic carbocycles. The van der Waals surface area contributed by atoms with Crippen molar-refractivity contribution in [2.75, 3.05) is 27.8 Å². The summed E-state index contributed by atoms with van der Waals surface area (Å²) in [6.45, 7) is 1.04. The van der Waals surface area contributed by atoms with Crippen LogP contribution in [0.5, 0.6) is 11.5 Å². The van der Waals surface area contributed by atoms with Crippen LogP contribution in [0.1, 0.15) is 12.0 Å². The lowest BCUT2D eigenvalue weighted by Gasteiger charge is -2.09. The highest BCUT2D eigenvalue weighted by atomic mass is 16.5. The molecule has 0 unspecified atom stereocenters. The van der Waals surface area contributed by atoms with Crippen molar-refractivity contribution >= 4 is 0 Å². The van der Waals surface area contributed by atoms with Crippen LogP contribution >= 0.6 is 0 Å². The van der Waals surface area contributed by atoms with Crippen LogP contribution in [0.15, 0.2) is 18.2 Å². The lowest BCUT2D eigenvalue weighted by atomic mass is 10.1. The first-order chi connectivity index (χ1) is 7.31. The molecule has 3 heteroatoms. The molecule has 0 saturated carbocycles. The lowest BCUT2D eigenvalue weighted by Crippen LogP contribution is -2.08. The fourth-order valence-corrected chi connectivity index (χ4v) is 1.51. The number of aryl methyl sites for hydroxylation is 1. The van der Waals surface area contributed by atoms with Gasteiger partial charge in [0.15, 0.2) is 11.5 Å². The van der Waals surface area contributed by atoms with Gasteiger partial charge in [-0.2, -0.15) is 0 Å². The number of hydrogen-bond acceptors (Lipinski definition) is 3. The van der Waals surface area contributed by atoms with Crippen molar-refractivity contribution in [3.8, 4) is 11.5 Å². The number of benzene rings is 1. The zero-order chi connectivity index (χ0) is 11.1. The maximum atomic E-state index is 5.24. The van der Waals surface area contributed by atoms with Crippen molar-refractivity contribution in [2.45, 2.75) is 12.8 Å². The molecule has 0 aliphatic heterocycles. The summed E-state index contributed by atoms with van der Waals surface area (Å²) in [7, 11) is 5.28. The third kappa shape index (κ3) is 3.44. The van der Waals surface area contributed by atoms with Gasteiger partial charge in [0.2, 0.25) is 0 Å². The normalized spacial score (nSPS) is 10.1. The quantitative estimate of drug-likeness (QED) is 0.725. The van der Waals surface area contributed by atoms with Crippen LogP contribution in [0.25, 0.3) is 0 Å². The molecule has 0 aromatic heterocycles. The first-order valence-corrected chi connectivity index (χ1v) is 5.17. The Morgan fingerprint density at radius 2 is 1.87 bits per heavy atom. The predicted octanol–water partition coefficient (Wildman–Crippen LogP) is 1.86. The van der Waals surface area contributed by atoms with E-state index in [0.29, 0.717) is 0 Å². The van der Waals surface area contributed by atoms with Crippen LogP contribution in [0.2, 0.25) is 0 Å². The molecule has 3 nitrogen and oxygen atoms in total. The number of ether oxygens (including phenoxy) is 2. The van der Waals surface area contributed by atoms with E-state index in [1.54, 1.807) is 14.2 Å². The van der Waals surface area contributed by atoms with Gasteiger partial charge in [0, 0.05) is 0 Å². The minimum atomic E-state index is 0.787. The molecule has 0 radical (unpaired) electrons. The Kier molecular flexibility index (Phi) is 4.98. The van der Waals surface area contributed by atoms with Gasteiger partial charge in [0.05, 0.1) is 14.2 Å². The van der Waals surface area contributed by atoms with Gasteiger partial charge in [-0.05, 0) is 44.1 Å². The zero-order valence-corrected chi connectivity index (χ0v) is 9.67. The van der Waals surface area contributed by atoms with E-state index in [4.69, 9.17) is 9.47 Å². The fourth-order valence-electron chi connectivity index (χ4n) is 1.51. The molecule has 84 valence electrons. The Labute approximate surface area is 91.4 Å². The maximum absolute atomic E-state index is 5.24. The summed E-state index contributed by atoms with van der Waals surface area (Å²) in [6.07, 6.45) is 2.19. The summed E-state index contributed by atoms with van der Waals surface area (Å²) in [6, 6.07) is 6.07. The van der Waals surface area contributed by atoms with Crippen molar-refractivity contribution in [1.82, 2.24) is 5.32 Å². The van der Waals surface area contributed by atoms with E-state index in [0.717, 1.165) is 30.9 Å². The maximum Gasteiger partial charge on any atom is 0.160 e. The lowest BCUT2D eigenvalue weighted by molar-refractivity contribution is 0.354. The van der Waals surface area contributed by atoms with E-state index in [-0.39, 0.29) is 0 Å². The number of hydrogen-bond donors (Lipinski definition) is 1. The van der Waals surface area contributed by atoms with Gasteiger partial charge < -0.3 is 14.8 Å². The van der Waals surface area contributed by atoms with E-state index >= 15 is 0 Å². The first kappa shape index (κ1) is 11.9. The minimum absolute atomic E-state index is 0.787. The van der Waals surface area contributed by atoms with Crippen LogP contribution in [-0.2, 0) is 6.42 Å². The smallest absolute Gasteiger partial charge is 0.160 e. The first-order valence-electron chi connectivity index (χ1n) is 5.17. The van der Waals surface area contributed by atoms with Gasteiger partial charge >= 0.3 is 0 Å². The average Bonchev–Trinajstić information content (AvgIpc) is 2.29. The molecule has 0 saturated heterocycles. The van der Waals surface area contributed by atoms with E-state index in [2.05, 4.69) is 11.4 Å². The third-order valence-corrected chi connectivity index (χ3v) is 2.34. The summed E-state index contributed by atoms with van der Waals surface area (Å²) in [5.41, 5.74) is 1.28. The number of rotatable bonds is 6. The van der Waals surface area contributed by atoms with Gasteiger partial charge in [0.1, 0.15) is 0 Å². The van der Waals surface area contributed by atoms with E-state index in [1.807, 2.05) is 19.2 Å². The van der Waals surface area contributed by atoms with E-state index in [1.165, 1.54) is 5.56 Å². The second-order valence-electron chi connectivity index (χ2n) is 3.40. The fraction of sp³-hybridized carbons (Fsp3) is 0.500. The molecule has 0 amide bonds.